The lowest BCUT2D eigenvalue weighted by atomic mass is 9.99. The first-order valence-electron chi connectivity index (χ1n) is 5.45. The fourth-order valence-electron chi connectivity index (χ4n) is 1.36. The van der Waals surface area contributed by atoms with Gasteiger partial charge in [0.2, 0.25) is 0 Å². The first-order valence-corrected chi connectivity index (χ1v) is 5.45. The van der Waals surface area contributed by atoms with Gasteiger partial charge in [0.15, 0.2) is 5.78 Å². The Hall–Kier alpha value is -2.41. The van der Waals surface area contributed by atoms with Crippen LogP contribution in [0.5, 0.6) is 0 Å². The van der Waals surface area contributed by atoms with E-state index in [4.69, 9.17) is 10.4 Å². The average Bonchev–Trinajstić information content (AvgIpc) is 2.35. The zero-order valence-electron chi connectivity index (χ0n) is 10.2. The van der Waals surface area contributed by atoms with Crippen molar-refractivity contribution in [2.24, 2.45) is 5.92 Å². The number of carboxylic acid groups (broad SMARTS) is 1. The molecule has 4 heteroatoms. The number of aromatic carboxylic acids is 1. The molecule has 0 saturated heterocycles. The first kappa shape index (κ1) is 13.7. The number of ketones is 1. The molecule has 0 aromatic heterocycles. The Bertz CT molecular complexity index is 533. The Morgan fingerprint density at radius 3 is 2.22 bits per heavy atom. The van der Waals surface area contributed by atoms with Crippen molar-refractivity contribution in [1.82, 2.24) is 0 Å². The van der Waals surface area contributed by atoms with Crippen LogP contribution >= 0.6 is 0 Å². The Kier molecular flexibility index (Phi) is 4.39. The van der Waals surface area contributed by atoms with Crippen LogP contribution in [-0.2, 0) is 4.79 Å². The van der Waals surface area contributed by atoms with Gasteiger partial charge in [0.1, 0.15) is 6.07 Å². The third kappa shape index (κ3) is 3.29. The van der Waals surface area contributed by atoms with E-state index in [0.29, 0.717) is 5.56 Å². The van der Waals surface area contributed by atoms with Gasteiger partial charge in [0.05, 0.1) is 11.1 Å². The van der Waals surface area contributed by atoms with Crippen molar-refractivity contribution in [1.29, 1.82) is 5.26 Å². The van der Waals surface area contributed by atoms with Gasteiger partial charge in [-0.05, 0) is 23.8 Å². The molecule has 1 rings (SSSR count). The molecule has 1 aromatic rings. The molecular weight excluding hydrogens is 230 g/mol. The molecule has 4 nitrogen and oxygen atoms in total. The smallest absolute Gasteiger partial charge is 0.335 e. The molecule has 0 atom stereocenters. The highest BCUT2D eigenvalue weighted by Crippen LogP contribution is 2.12. The van der Waals surface area contributed by atoms with Gasteiger partial charge < -0.3 is 5.11 Å². The van der Waals surface area contributed by atoms with E-state index in [9.17, 15) is 9.59 Å². The Labute approximate surface area is 105 Å². The zero-order chi connectivity index (χ0) is 13.7. The van der Waals surface area contributed by atoms with Gasteiger partial charge in [-0.2, -0.15) is 5.26 Å². The largest absolute Gasteiger partial charge is 0.478 e. The van der Waals surface area contributed by atoms with Crippen LogP contribution in [0.2, 0.25) is 0 Å². The highest BCUT2D eigenvalue weighted by molar-refractivity contribution is 6.04. The van der Waals surface area contributed by atoms with Gasteiger partial charge in [0.25, 0.3) is 0 Å². The van der Waals surface area contributed by atoms with Crippen LogP contribution in [0.25, 0.3) is 6.08 Å². The number of carboxylic acids is 1. The van der Waals surface area contributed by atoms with Crippen LogP contribution < -0.4 is 0 Å². The summed E-state index contributed by atoms with van der Waals surface area (Å²) >= 11 is 0. The van der Waals surface area contributed by atoms with Gasteiger partial charge in [0, 0.05) is 5.92 Å². The minimum Gasteiger partial charge on any atom is -0.478 e. The van der Waals surface area contributed by atoms with Crippen LogP contribution in [0.1, 0.15) is 29.8 Å². The lowest BCUT2D eigenvalue weighted by molar-refractivity contribution is -0.117. The molecule has 0 aliphatic heterocycles. The van der Waals surface area contributed by atoms with Crippen LogP contribution in [0.3, 0.4) is 0 Å². The van der Waals surface area contributed by atoms with Crippen molar-refractivity contribution in [2.75, 3.05) is 0 Å². The van der Waals surface area contributed by atoms with Crippen molar-refractivity contribution in [3.8, 4) is 6.07 Å². The van der Waals surface area contributed by atoms with E-state index in [1.807, 2.05) is 6.07 Å². The summed E-state index contributed by atoms with van der Waals surface area (Å²) < 4.78 is 0. The van der Waals surface area contributed by atoms with Crippen molar-refractivity contribution in [3.63, 3.8) is 0 Å². The summed E-state index contributed by atoms with van der Waals surface area (Å²) in [6.45, 7) is 3.45. The molecule has 0 amide bonds. The summed E-state index contributed by atoms with van der Waals surface area (Å²) in [5, 5.41) is 17.7. The average molecular weight is 243 g/mol. The Morgan fingerprint density at radius 1 is 1.28 bits per heavy atom. The lowest BCUT2D eigenvalue weighted by Gasteiger charge is -2.02. The predicted molar refractivity (Wildman–Crippen MR) is 66.8 cm³/mol. The highest BCUT2D eigenvalue weighted by atomic mass is 16.4. The topological polar surface area (TPSA) is 78.2 Å². The summed E-state index contributed by atoms with van der Waals surface area (Å²) in [5.41, 5.74) is 0.875. The number of allylic oxidation sites excluding steroid dienone is 1. The number of rotatable bonds is 4. The quantitative estimate of drug-likeness (QED) is 0.651. The molecular formula is C14H13NO3. The maximum absolute atomic E-state index is 11.7. The summed E-state index contributed by atoms with van der Waals surface area (Å²) in [7, 11) is 0. The van der Waals surface area contributed by atoms with E-state index >= 15 is 0 Å². The predicted octanol–water partition coefficient (Wildman–Crippen LogP) is 2.52. The van der Waals surface area contributed by atoms with Crippen LogP contribution in [-0.4, -0.2) is 16.9 Å². The van der Waals surface area contributed by atoms with Crippen LogP contribution in [0.4, 0.5) is 0 Å². The second-order valence-corrected chi connectivity index (χ2v) is 4.12. The van der Waals surface area contributed by atoms with Crippen molar-refractivity contribution in [2.45, 2.75) is 13.8 Å². The first-order chi connectivity index (χ1) is 8.45. The molecule has 0 radical (unpaired) electrons. The van der Waals surface area contributed by atoms with Gasteiger partial charge in [-0.3, -0.25) is 4.79 Å². The Morgan fingerprint density at radius 2 is 1.83 bits per heavy atom. The van der Waals surface area contributed by atoms with Gasteiger partial charge in [-0.25, -0.2) is 4.79 Å². The molecule has 18 heavy (non-hydrogen) atoms. The molecule has 92 valence electrons. The highest BCUT2D eigenvalue weighted by Gasteiger charge is 2.13. The SMILES string of the molecule is CC(C)C(=O)/C(C#N)=C\c1ccc(C(=O)O)cc1. The molecule has 0 saturated carbocycles. The third-order valence-electron chi connectivity index (χ3n) is 2.38. The molecule has 1 N–H and O–H groups in total. The maximum atomic E-state index is 11.7. The number of nitriles is 1. The number of carbonyl (C=O) groups is 2. The molecule has 0 bridgehead atoms. The summed E-state index contributed by atoms with van der Waals surface area (Å²) in [6, 6.07) is 7.86. The minimum atomic E-state index is -1.01. The molecule has 0 spiro atoms. The van der Waals surface area contributed by atoms with Crippen LogP contribution in [0, 0.1) is 17.2 Å². The maximum Gasteiger partial charge on any atom is 0.335 e. The van der Waals surface area contributed by atoms with Crippen molar-refractivity contribution >= 4 is 17.8 Å². The van der Waals surface area contributed by atoms with Gasteiger partial charge in [-0.15, -0.1) is 0 Å². The van der Waals surface area contributed by atoms with Gasteiger partial charge >= 0.3 is 5.97 Å². The summed E-state index contributed by atoms with van der Waals surface area (Å²) in [6.07, 6.45) is 1.47. The third-order valence-corrected chi connectivity index (χ3v) is 2.38. The fourth-order valence-corrected chi connectivity index (χ4v) is 1.36. The van der Waals surface area contributed by atoms with Gasteiger partial charge in [-0.1, -0.05) is 26.0 Å². The van der Waals surface area contributed by atoms with E-state index in [-0.39, 0.29) is 22.8 Å². The van der Waals surface area contributed by atoms with Crippen molar-refractivity contribution in [3.05, 3.63) is 41.0 Å². The van der Waals surface area contributed by atoms with Crippen molar-refractivity contribution < 1.29 is 14.7 Å². The molecule has 0 aliphatic rings. The number of hydrogen-bond donors (Lipinski definition) is 1. The van der Waals surface area contributed by atoms with E-state index in [2.05, 4.69) is 0 Å². The second-order valence-electron chi connectivity index (χ2n) is 4.12. The number of Topliss-reactive ketones (excluding diaryl/α,β-unsaturated/α-hetero) is 1. The van der Waals surface area contributed by atoms with E-state index < -0.39 is 5.97 Å². The normalized spacial score (nSPS) is 11.1. The standard InChI is InChI=1S/C14H13NO3/c1-9(2)13(16)12(8-15)7-10-3-5-11(6-4-10)14(17)18/h3-7,9H,1-2H3,(H,17,18)/b12-7-. The minimum absolute atomic E-state index is 0.0769. The fraction of sp³-hybridized carbons (Fsp3) is 0.214. The molecule has 0 aliphatic carbocycles. The van der Waals surface area contributed by atoms with E-state index in [1.165, 1.54) is 18.2 Å². The molecule has 0 fully saturated rings. The van der Waals surface area contributed by atoms with Crippen LogP contribution in [0.15, 0.2) is 29.8 Å². The summed E-state index contributed by atoms with van der Waals surface area (Å²) in [5.74, 6) is -1.47. The number of hydrogen-bond acceptors (Lipinski definition) is 3. The zero-order valence-corrected chi connectivity index (χ0v) is 10.2. The monoisotopic (exact) mass is 243 g/mol. The number of carbonyl (C=O) groups excluding carboxylic acids is 1. The second kappa shape index (κ2) is 5.78. The Balaban J connectivity index is 3.04. The number of benzene rings is 1. The molecule has 0 heterocycles. The molecule has 0 unspecified atom stereocenters. The van der Waals surface area contributed by atoms with E-state index in [0.717, 1.165) is 0 Å². The number of nitrogens with zero attached hydrogens (tertiary/aromatic N) is 1. The summed E-state index contributed by atoms with van der Waals surface area (Å²) in [4.78, 5) is 22.3. The van der Waals surface area contributed by atoms with E-state index in [1.54, 1.807) is 26.0 Å². The molecule has 1 aromatic carbocycles. The lowest BCUT2D eigenvalue weighted by Crippen LogP contribution is -2.08.